The third kappa shape index (κ3) is 3.94. The molecule has 1 aliphatic rings. The lowest BCUT2D eigenvalue weighted by Gasteiger charge is -2.49. The molecule has 0 aromatic rings. The molecule has 1 saturated heterocycles. The van der Waals surface area contributed by atoms with Gasteiger partial charge >= 0.3 is 5.97 Å². The van der Waals surface area contributed by atoms with Gasteiger partial charge in [0.15, 0.2) is 0 Å². The molecule has 1 N–H and O–H groups in total. The van der Waals surface area contributed by atoms with Crippen LogP contribution in [0.2, 0.25) is 0 Å². The number of hydrogen-bond acceptors (Lipinski definition) is 4. The maximum Gasteiger partial charge on any atom is 0.304 e. The number of carbonyl (C=O) groups is 1. The molecule has 1 fully saturated rings. The molecule has 5 heteroatoms. The molecule has 1 heterocycles. The molecule has 17 heavy (non-hydrogen) atoms. The van der Waals surface area contributed by atoms with Crippen molar-refractivity contribution in [1.29, 1.82) is 0 Å². The van der Waals surface area contributed by atoms with Crippen LogP contribution in [0, 0.1) is 0 Å². The van der Waals surface area contributed by atoms with Crippen molar-refractivity contribution in [2.24, 2.45) is 0 Å². The molecular weight excluding hydrogens is 220 g/mol. The highest BCUT2D eigenvalue weighted by atomic mass is 16.5. The lowest BCUT2D eigenvalue weighted by atomic mass is 9.95. The third-order valence-corrected chi connectivity index (χ3v) is 3.62. The van der Waals surface area contributed by atoms with Crippen molar-refractivity contribution in [2.45, 2.75) is 31.8 Å². The molecule has 0 aromatic heterocycles. The van der Waals surface area contributed by atoms with E-state index >= 15 is 0 Å². The van der Waals surface area contributed by atoms with Crippen molar-refractivity contribution in [3.8, 4) is 0 Å². The van der Waals surface area contributed by atoms with E-state index in [4.69, 9.17) is 9.84 Å². The second-order valence-electron chi connectivity index (χ2n) is 5.41. The predicted molar refractivity (Wildman–Crippen MR) is 66.2 cm³/mol. The van der Waals surface area contributed by atoms with Gasteiger partial charge in [-0.15, -0.1) is 0 Å². The molecule has 1 rings (SSSR count). The van der Waals surface area contributed by atoms with Gasteiger partial charge in [0, 0.05) is 38.3 Å². The maximum absolute atomic E-state index is 10.9. The van der Waals surface area contributed by atoms with E-state index in [2.05, 4.69) is 30.7 Å². The second kappa shape index (κ2) is 5.80. The molecule has 0 amide bonds. The molecule has 0 bridgehead atoms. The second-order valence-corrected chi connectivity index (χ2v) is 5.41. The highest BCUT2D eigenvalue weighted by Crippen LogP contribution is 2.24. The molecular formula is C12H24N2O3. The summed E-state index contributed by atoms with van der Waals surface area (Å²) in [6.45, 7) is 7.49. The van der Waals surface area contributed by atoms with E-state index in [1.807, 2.05) is 0 Å². The van der Waals surface area contributed by atoms with Crippen molar-refractivity contribution in [3.63, 3.8) is 0 Å². The van der Waals surface area contributed by atoms with Gasteiger partial charge in [-0.1, -0.05) is 0 Å². The quantitative estimate of drug-likeness (QED) is 0.763. The Labute approximate surface area is 103 Å². The van der Waals surface area contributed by atoms with E-state index in [9.17, 15) is 4.79 Å². The molecule has 0 spiro atoms. The monoisotopic (exact) mass is 244 g/mol. The Kier molecular flexibility index (Phi) is 4.91. The Morgan fingerprint density at radius 3 is 2.71 bits per heavy atom. The zero-order chi connectivity index (χ0) is 13.1. The molecule has 100 valence electrons. The molecule has 0 saturated carbocycles. The van der Waals surface area contributed by atoms with Gasteiger partial charge in [-0.2, -0.15) is 0 Å². The number of piperazine rings is 1. The van der Waals surface area contributed by atoms with E-state index in [-0.39, 0.29) is 18.0 Å². The fraction of sp³-hybridized carbons (Fsp3) is 0.917. The molecule has 1 atom stereocenters. The van der Waals surface area contributed by atoms with E-state index in [0.717, 1.165) is 19.6 Å². The summed E-state index contributed by atoms with van der Waals surface area (Å²) in [5.41, 5.74) is 0.0861. The van der Waals surface area contributed by atoms with Gasteiger partial charge in [0.25, 0.3) is 0 Å². The van der Waals surface area contributed by atoms with Gasteiger partial charge in [-0.05, 0) is 20.9 Å². The van der Waals surface area contributed by atoms with E-state index < -0.39 is 5.97 Å². The van der Waals surface area contributed by atoms with Crippen LogP contribution in [0.1, 0.15) is 20.3 Å². The Balaban J connectivity index is 2.68. The number of ether oxygens (including phenoxy) is 1. The number of carboxylic acid groups (broad SMARTS) is 1. The van der Waals surface area contributed by atoms with E-state index in [0.29, 0.717) is 6.61 Å². The first kappa shape index (κ1) is 14.4. The molecule has 5 nitrogen and oxygen atoms in total. The van der Waals surface area contributed by atoms with Crippen molar-refractivity contribution >= 4 is 5.97 Å². The summed E-state index contributed by atoms with van der Waals surface area (Å²) < 4.78 is 5.09. The highest BCUT2D eigenvalue weighted by Gasteiger charge is 2.37. The lowest BCUT2D eigenvalue weighted by Crippen LogP contribution is -2.62. The van der Waals surface area contributed by atoms with Gasteiger partial charge in [-0.3, -0.25) is 14.6 Å². The minimum Gasteiger partial charge on any atom is -0.481 e. The molecule has 1 aliphatic heterocycles. The normalized spacial score (nSPS) is 26.0. The lowest BCUT2D eigenvalue weighted by molar-refractivity contribution is -0.140. The largest absolute Gasteiger partial charge is 0.481 e. The molecule has 0 aromatic carbocycles. The van der Waals surface area contributed by atoms with Gasteiger partial charge < -0.3 is 9.84 Å². The summed E-state index contributed by atoms with van der Waals surface area (Å²) in [4.78, 5) is 15.4. The topological polar surface area (TPSA) is 53.0 Å². The van der Waals surface area contributed by atoms with Crippen LogP contribution in [0.25, 0.3) is 0 Å². The summed E-state index contributed by atoms with van der Waals surface area (Å²) in [6, 6.07) is 0.0840. The number of nitrogens with zero attached hydrogens (tertiary/aromatic N) is 2. The van der Waals surface area contributed by atoms with E-state index in [1.165, 1.54) is 0 Å². The Hall–Kier alpha value is -0.650. The summed E-state index contributed by atoms with van der Waals surface area (Å²) in [6.07, 6.45) is 0.199. The summed E-state index contributed by atoms with van der Waals surface area (Å²) in [5.74, 6) is -0.731. The minimum atomic E-state index is -0.731. The third-order valence-electron chi connectivity index (χ3n) is 3.62. The highest BCUT2D eigenvalue weighted by molar-refractivity contribution is 5.67. The van der Waals surface area contributed by atoms with Gasteiger partial charge in [0.2, 0.25) is 0 Å². The number of hydrogen-bond donors (Lipinski definition) is 1. The van der Waals surface area contributed by atoms with Gasteiger partial charge in [0.1, 0.15) is 0 Å². The predicted octanol–water partition coefficient (Wildman–Crippen LogP) is 0.502. The van der Waals surface area contributed by atoms with Crippen molar-refractivity contribution in [3.05, 3.63) is 0 Å². The van der Waals surface area contributed by atoms with Crippen LogP contribution in [0.4, 0.5) is 0 Å². The van der Waals surface area contributed by atoms with Crippen LogP contribution in [-0.2, 0) is 9.53 Å². The minimum absolute atomic E-state index is 0.0840. The van der Waals surface area contributed by atoms with Crippen LogP contribution in [0.3, 0.4) is 0 Å². The molecule has 0 aliphatic carbocycles. The Morgan fingerprint density at radius 2 is 2.18 bits per heavy atom. The van der Waals surface area contributed by atoms with Crippen LogP contribution in [0.15, 0.2) is 0 Å². The average Bonchev–Trinajstić information content (AvgIpc) is 2.20. The van der Waals surface area contributed by atoms with Crippen LogP contribution < -0.4 is 0 Å². The standard InChI is InChI=1S/C12H24N2O3/c1-12(2)9-14(5-6-17-4)10(7-11(15)16)8-13(12)3/h10H,5-9H2,1-4H3,(H,15,16). The Morgan fingerprint density at radius 1 is 1.53 bits per heavy atom. The van der Waals surface area contributed by atoms with Crippen molar-refractivity contribution < 1.29 is 14.6 Å². The van der Waals surface area contributed by atoms with E-state index in [1.54, 1.807) is 7.11 Å². The first-order chi connectivity index (χ1) is 7.86. The maximum atomic E-state index is 10.9. The van der Waals surface area contributed by atoms with Gasteiger partial charge in [-0.25, -0.2) is 0 Å². The molecule has 1 unspecified atom stereocenters. The average molecular weight is 244 g/mol. The fourth-order valence-corrected chi connectivity index (χ4v) is 2.29. The zero-order valence-corrected chi connectivity index (χ0v) is 11.3. The summed E-state index contributed by atoms with van der Waals surface area (Å²) >= 11 is 0. The summed E-state index contributed by atoms with van der Waals surface area (Å²) in [7, 11) is 3.73. The fourth-order valence-electron chi connectivity index (χ4n) is 2.29. The van der Waals surface area contributed by atoms with Crippen LogP contribution in [-0.4, -0.2) is 72.9 Å². The number of methoxy groups -OCH3 is 1. The number of aliphatic carboxylic acids is 1. The molecule has 0 radical (unpaired) electrons. The SMILES string of the molecule is COCCN1CC(C)(C)N(C)CC1CC(=O)O. The van der Waals surface area contributed by atoms with Crippen LogP contribution >= 0.6 is 0 Å². The van der Waals surface area contributed by atoms with Gasteiger partial charge in [0.05, 0.1) is 13.0 Å². The first-order valence-electron chi connectivity index (χ1n) is 6.03. The Bertz CT molecular complexity index is 268. The number of rotatable bonds is 5. The number of likely N-dealkylation sites (N-methyl/N-ethyl adjacent to an activating group) is 1. The van der Waals surface area contributed by atoms with Crippen LogP contribution in [0.5, 0.6) is 0 Å². The van der Waals surface area contributed by atoms with Crippen molar-refractivity contribution in [1.82, 2.24) is 9.80 Å². The smallest absolute Gasteiger partial charge is 0.304 e. The number of carboxylic acids is 1. The summed E-state index contributed by atoms with van der Waals surface area (Å²) in [5, 5.41) is 8.95. The van der Waals surface area contributed by atoms with Crippen molar-refractivity contribution in [2.75, 3.05) is 40.4 Å². The zero-order valence-electron chi connectivity index (χ0n) is 11.3. The first-order valence-corrected chi connectivity index (χ1v) is 6.03.